The van der Waals surface area contributed by atoms with Gasteiger partial charge in [0, 0.05) is 29.9 Å². The van der Waals surface area contributed by atoms with Gasteiger partial charge in [0.1, 0.15) is 11.4 Å². The summed E-state index contributed by atoms with van der Waals surface area (Å²) < 4.78 is 11.4. The highest BCUT2D eigenvalue weighted by molar-refractivity contribution is 6.31. The molecule has 4 rings (SSSR count). The van der Waals surface area contributed by atoms with Gasteiger partial charge < -0.3 is 14.5 Å². The molecule has 0 aliphatic heterocycles. The van der Waals surface area contributed by atoms with Gasteiger partial charge >= 0.3 is 0 Å². The van der Waals surface area contributed by atoms with Gasteiger partial charge in [-0.3, -0.25) is 9.78 Å². The van der Waals surface area contributed by atoms with Gasteiger partial charge in [-0.1, -0.05) is 11.6 Å². The van der Waals surface area contributed by atoms with Crippen LogP contribution in [0.25, 0.3) is 11.6 Å². The van der Waals surface area contributed by atoms with E-state index in [1.54, 1.807) is 30.7 Å². The molecule has 3 aromatic rings. The standard InChI is InChI=1S/C22H24ClN5O3/c1-14-10-17(6-7-18(14)23)30-13-20(29)26-11-15-2-4-16(5-3-15)21-27-28-22(31-21)19-12-24-8-9-25-19/h6-10,12,15-16H,2-5,11,13H2,1H3,(H,26,29). The number of hydrogen-bond donors (Lipinski definition) is 1. The van der Waals surface area contributed by atoms with Crippen molar-refractivity contribution in [1.82, 2.24) is 25.5 Å². The molecular weight excluding hydrogens is 418 g/mol. The average molecular weight is 442 g/mol. The number of nitrogens with zero attached hydrogens (tertiary/aromatic N) is 4. The van der Waals surface area contributed by atoms with E-state index in [1.165, 1.54) is 0 Å². The fraction of sp³-hybridized carbons (Fsp3) is 0.409. The molecule has 8 nitrogen and oxygen atoms in total. The van der Waals surface area contributed by atoms with E-state index in [4.69, 9.17) is 20.8 Å². The Balaban J connectivity index is 1.19. The molecule has 0 radical (unpaired) electrons. The second kappa shape index (κ2) is 9.87. The van der Waals surface area contributed by atoms with Gasteiger partial charge in [-0.25, -0.2) is 4.98 Å². The molecule has 0 unspecified atom stereocenters. The third-order valence-electron chi connectivity index (χ3n) is 5.51. The van der Waals surface area contributed by atoms with Gasteiger partial charge in [-0.2, -0.15) is 0 Å². The second-order valence-corrected chi connectivity index (χ2v) is 8.16. The van der Waals surface area contributed by atoms with Crippen molar-refractivity contribution in [3.8, 4) is 17.3 Å². The van der Waals surface area contributed by atoms with Crippen molar-refractivity contribution >= 4 is 17.5 Å². The molecule has 0 bridgehead atoms. The maximum atomic E-state index is 12.1. The van der Waals surface area contributed by atoms with Crippen LogP contribution in [0.5, 0.6) is 5.75 Å². The summed E-state index contributed by atoms with van der Waals surface area (Å²) in [5.74, 6) is 2.23. The topological polar surface area (TPSA) is 103 Å². The number of carbonyl (C=O) groups excluding carboxylic acids is 1. The molecule has 2 heterocycles. The highest BCUT2D eigenvalue weighted by atomic mass is 35.5. The Hall–Kier alpha value is -3.00. The zero-order valence-electron chi connectivity index (χ0n) is 17.3. The van der Waals surface area contributed by atoms with Crippen LogP contribution in [0.15, 0.2) is 41.2 Å². The molecule has 1 amide bonds. The van der Waals surface area contributed by atoms with Crippen molar-refractivity contribution in [3.05, 3.63) is 53.3 Å². The molecular formula is C22H24ClN5O3. The third-order valence-corrected chi connectivity index (χ3v) is 5.93. The summed E-state index contributed by atoms with van der Waals surface area (Å²) in [6.45, 7) is 2.53. The Labute approximate surface area is 185 Å². The van der Waals surface area contributed by atoms with Crippen LogP contribution in [0.3, 0.4) is 0 Å². The van der Waals surface area contributed by atoms with Crippen molar-refractivity contribution in [2.75, 3.05) is 13.2 Å². The summed E-state index contributed by atoms with van der Waals surface area (Å²) in [5.41, 5.74) is 1.50. The van der Waals surface area contributed by atoms with E-state index >= 15 is 0 Å². The summed E-state index contributed by atoms with van der Waals surface area (Å²) in [4.78, 5) is 20.3. The van der Waals surface area contributed by atoms with Gasteiger partial charge in [-0.05, 0) is 62.3 Å². The van der Waals surface area contributed by atoms with Crippen LogP contribution in [-0.4, -0.2) is 39.2 Å². The fourth-order valence-electron chi connectivity index (χ4n) is 3.69. The number of amides is 1. The maximum Gasteiger partial charge on any atom is 0.267 e. The minimum absolute atomic E-state index is 0.0104. The second-order valence-electron chi connectivity index (χ2n) is 7.76. The van der Waals surface area contributed by atoms with Gasteiger partial charge in [0.2, 0.25) is 5.89 Å². The molecule has 1 fully saturated rings. The Kier molecular flexibility index (Phi) is 6.76. The smallest absolute Gasteiger partial charge is 0.267 e. The number of halogens is 1. The van der Waals surface area contributed by atoms with E-state index in [-0.39, 0.29) is 18.4 Å². The molecule has 1 saturated carbocycles. The van der Waals surface area contributed by atoms with Crippen LogP contribution in [0.1, 0.15) is 43.1 Å². The number of benzene rings is 1. The minimum atomic E-state index is -0.125. The minimum Gasteiger partial charge on any atom is -0.484 e. The van der Waals surface area contributed by atoms with Crippen LogP contribution in [0, 0.1) is 12.8 Å². The number of nitrogens with one attached hydrogen (secondary N) is 1. The van der Waals surface area contributed by atoms with E-state index in [0.29, 0.717) is 40.7 Å². The molecule has 162 valence electrons. The van der Waals surface area contributed by atoms with Crippen LogP contribution >= 0.6 is 11.6 Å². The number of aryl methyl sites for hydroxylation is 1. The fourth-order valence-corrected chi connectivity index (χ4v) is 3.81. The van der Waals surface area contributed by atoms with E-state index in [1.807, 2.05) is 13.0 Å². The molecule has 9 heteroatoms. The number of ether oxygens (including phenoxy) is 1. The van der Waals surface area contributed by atoms with Crippen LogP contribution < -0.4 is 10.1 Å². The van der Waals surface area contributed by atoms with Crippen molar-refractivity contribution in [2.45, 2.75) is 38.5 Å². The van der Waals surface area contributed by atoms with Crippen molar-refractivity contribution < 1.29 is 13.9 Å². The molecule has 0 saturated heterocycles. The molecule has 1 aromatic carbocycles. The molecule has 1 aliphatic rings. The normalized spacial score (nSPS) is 18.5. The van der Waals surface area contributed by atoms with Crippen molar-refractivity contribution in [2.24, 2.45) is 5.92 Å². The summed E-state index contributed by atoms with van der Waals surface area (Å²) in [7, 11) is 0. The van der Waals surface area contributed by atoms with Crippen molar-refractivity contribution in [3.63, 3.8) is 0 Å². The third kappa shape index (κ3) is 5.58. The molecule has 31 heavy (non-hydrogen) atoms. The largest absolute Gasteiger partial charge is 0.484 e. The predicted molar refractivity (Wildman–Crippen MR) is 115 cm³/mol. The lowest BCUT2D eigenvalue weighted by Crippen LogP contribution is -2.34. The number of carbonyl (C=O) groups is 1. The Bertz CT molecular complexity index is 1020. The zero-order chi connectivity index (χ0) is 21.6. The summed E-state index contributed by atoms with van der Waals surface area (Å²) >= 11 is 6.00. The zero-order valence-corrected chi connectivity index (χ0v) is 18.0. The highest BCUT2D eigenvalue weighted by Gasteiger charge is 2.27. The summed E-state index contributed by atoms with van der Waals surface area (Å²) in [6, 6.07) is 5.35. The first-order valence-corrected chi connectivity index (χ1v) is 10.7. The van der Waals surface area contributed by atoms with E-state index in [9.17, 15) is 4.79 Å². The highest BCUT2D eigenvalue weighted by Crippen LogP contribution is 2.35. The van der Waals surface area contributed by atoms with E-state index in [0.717, 1.165) is 31.2 Å². The molecule has 0 atom stereocenters. The van der Waals surface area contributed by atoms with Gasteiger partial charge in [0.15, 0.2) is 6.61 Å². The van der Waals surface area contributed by atoms with Crippen LogP contribution in [-0.2, 0) is 4.79 Å². The Morgan fingerprint density at radius 2 is 2.06 bits per heavy atom. The lowest BCUT2D eigenvalue weighted by atomic mass is 9.82. The van der Waals surface area contributed by atoms with Crippen LogP contribution in [0.2, 0.25) is 5.02 Å². The SMILES string of the molecule is Cc1cc(OCC(=O)NCC2CCC(c3nnc(-c4cnccn4)o3)CC2)ccc1Cl. The maximum absolute atomic E-state index is 12.1. The quantitative estimate of drug-likeness (QED) is 0.591. The molecule has 2 aromatic heterocycles. The average Bonchev–Trinajstić information content (AvgIpc) is 3.30. The molecule has 0 spiro atoms. The van der Waals surface area contributed by atoms with E-state index < -0.39 is 0 Å². The Morgan fingerprint density at radius 3 is 2.81 bits per heavy atom. The van der Waals surface area contributed by atoms with E-state index in [2.05, 4.69) is 25.5 Å². The summed E-state index contributed by atoms with van der Waals surface area (Å²) in [5, 5.41) is 12.0. The lowest BCUT2D eigenvalue weighted by molar-refractivity contribution is -0.123. The molecule has 1 N–H and O–H groups in total. The summed E-state index contributed by atoms with van der Waals surface area (Å²) in [6.07, 6.45) is 8.68. The van der Waals surface area contributed by atoms with Gasteiger partial charge in [0.25, 0.3) is 11.8 Å². The number of aromatic nitrogens is 4. The number of hydrogen-bond acceptors (Lipinski definition) is 7. The van der Waals surface area contributed by atoms with Gasteiger partial charge in [-0.15, -0.1) is 10.2 Å². The number of rotatable bonds is 7. The first-order valence-electron chi connectivity index (χ1n) is 10.3. The van der Waals surface area contributed by atoms with Gasteiger partial charge in [0.05, 0.1) is 6.20 Å². The monoisotopic (exact) mass is 441 g/mol. The van der Waals surface area contributed by atoms with Crippen LogP contribution in [0.4, 0.5) is 0 Å². The Morgan fingerprint density at radius 1 is 1.23 bits per heavy atom. The lowest BCUT2D eigenvalue weighted by Gasteiger charge is -2.26. The first-order chi connectivity index (χ1) is 15.1. The molecule has 1 aliphatic carbocycles. The predicted octanol–water partition coefficient (Wildman–Crippen LogP) is 3.96. The van der Waals surface area contributed by atoms with Crippen molar-refractivity contribution in [1.29, 1.82) is 0 Å². The first kappa shape index (κ1) is 21.2.